The van der Waals surface area contributed by atoms with E-state index in [2.05, 4.69) is 4.72 Å². The number of benzene rings is 1. The van der Waals surface area contributed by atoms with Crippen LogP contribution in [0.2, 0.25) is 0 Å². The van der Waals surface area contributed by atoms with Gasteiger partial charge in [0, 0.05) is 30.1 Å². The van der Waals surface area contributed by atoms with Crippen LogP contribution in [0.3, 0.4) is 0 Å². The largest absolute Gasteiger partial charge is 0.381 e. The molecule has 0 aliphatic carbocycles. The number of halogens is 2. The highest BCUT2D eigenvalue weighted by atomic mass is 32.2. The highest BCUT2D eigenvalue weighted by Crippen LogP contribution is 2.37. The second kappa shape index (κ2) is 6.87. The average Bonchev–Trinajstić information content (AvgIpc) is 3.11. The van der Waals surface area contributed by atoms with E-state index in [1.807, 2.05) is 17.5 Å². The van der Waals surface area contributed by atoms with E-state index in [9.17, 15) is 17.2 Å². The molecule has 1 fully saturated rings. The minimum absolute atomic E-state index is 0.120. The molecule has 1 aliphatic heterocycles. The number of hydrogen-bond donors (Lipinski definition) is 1. The molecule has 0 spiro atoms. The van der Waals surface area contributed by atoms with Gasteiger partial charge in [0.25, 0.3) is 0 Å². The van der Waals surface area contributed by atoms with E-state index in [-0.39, 0.29) is 12.0 Å². The number of thiophene rings is 1. The Bertz CT molecular complexity index is 801. The lowest BCUT2D eigenvalue weighted by Gasteiger charge is -2.36. The van der Waals surface area contributed by atoms with Crippen LogP contribution in [0.4, 0.5) is 8.78 Å². The van der Waals surface area contributed by atoms with Crippen LogP contribution < -0.4 is 4.72 Å². The predicted octanol–water partition coefficient (Wildman–Crippen LogP) is 3.05. The molecule has 0 radical (unpaired) electrons. The van der Waals surface area contributed by atoms with Crippen LogP contribution in [0.25, 0.3) is 0 Å². The fourth-order valence-corrected chi connectivity index (χ4v) is 5.05. The van der Waals surface area contributed by atoms with E-state index < -0.39 is 26.6 Å². The third-order valence-electron chi connectivity index (χ3n) is 4.28. The molecule has 1 aromatic carbocycles. The van der Waals surface area contributed by atoms with Crippen molar-refractivity contribution >= 4 is 21.4 Å². The molecule has 2 aromatic rings. The van der Waals surface area contributed by atoms with Crippen molar-refractivity contribution in [3.8, 4) is 0 Å². The maximum atomic E-state index is 13.8. The molecule has 4 nitrogen and oxygen atoms in total. The first-order valence-electron chi connectivity index (χ1n) is 7.49. The first-order valence-corrected chi connectivity index (χ1v) is 9.86. The van der Waals surface area contributed by atoms with Crippen molar-refractivity contribution in [2.75, 3.05) is 19.8 Å². The van der Waals surface area contributed by atoms with Crippen molar-refractivity contribution in [3.63, 3.8) is 0 Å². The van der Waals surface area contributed by atoms with Gasteiger partial charge in [-0.15, -0.1) is 11.3 Å². The van der Waals surface area contributed by atoms with Crippen LogP contribution in [-0.2, 0) is 20.2 Å². The minimum atomic E-state index is -4.14. The lowest BCUT2D eigenvalue weighted by atomic mass is 9.79. The van der Waals surface area contributed by atoms with Crippen molar-refractivity contribution in [1.82, 2.24) is 4.72 Å². The summed E-state index contributed by atoms with van der Waals surface area (Å²) in [5.74, 6) is -1.77. The fourth-order valence-electron chi connectivity index (χ4n) is 2.85. The second-order valence-electron chi connectivity index (χ2n) is 5.77. The van der Waals surface area contributed by atoms with Crippen LogP contribution in [0.1, 0.15) is 17.7 Å². The van der Waals surface area contributed by atoms with E-state index >= 15 is 0 Å². The Balaban J connectivity index is 1.85. The van der Waals surface area contributed by atoms with Gasteiger partial charge in [0.2, 0.25) is 10.0 Å². The number of sulfonamides is 1. The first kappa shape index (κ1) is 17.5. The molecule has 1 aliphatic rings. The average molecular weight is 373 g/mol. The van der Waals surface area contributed by atoms with Gasteiger partial charge in [0.1, 0.15) is 16.5 Å². The van der Waals surface area contributed by atoms with Gasteiger partial charge in [-0.1, -0.05) is 6.07 Å². The smallest absolute Gasteiger partial charge is 0.243 e. The number of nitrogens with one attached hydrogen (secondary N) is 1. The summed E-state index contributed by atoms with van der Waals surface area (Å²) in [7, 11) is -4.14. The molecule has 1 aromatic heterocycles. The molecule has 0 atom stereocenters. The van der Waals surface area contributed by atoms with Crippen molar-refractivity contribution < 1.29 is 21.9 Å². The summed E-state index contributed by atoms with van der Waals surface area (Å²) in [5.41, 5.74) is -0.386. The molecular formula is C16H17F2NO3S2. The van der Waals surface area contributed by atoms with Crippen LogP contribution >= 0.6 is 11.3 Å². The predicted molar refractivity (Wildman–Crippen MR) is 87.6 cm³/mol. The molecule has 0 bridgehead atoms. The Morgan fingerprint density at radius 2 is 1.96 bits per heavy atom. The molecule has 130 valence electrons. The maximum absolute atomic E-state index is 13.8. The Kier molecular flexibility index (Phi) is 5.00. The van der Waals surface area contributed by atoms with Gasteiger partial charge in [-0.2, -0.15) is 0 Å². The van der Waals surface area contributed by atoms with E-state index in [1.54, 1.807) is 11.3 Å². The molecule has 3 rings (SSSR count). The van der Waals surface area contributed by atoms with Gasteiger partial charge in [0.15, 0.2) is 0 Å². The van der Waals surface area contributed by atoms with Crippen LogP contribution in [0.5, 0.6) is 0 Å². The van der Waals surface area contributed by atoms with Gasteiger partial charge >= 0.3 is 0 Å². The zero-order chi connectivity index (χ0) is 17.2. The second-order valence-corrected chi connectivity index (χ2v) is 8.45. The SMILES string of the molecule is O=S(=O)(NCC1(c2cccs2)CCOCC1)c1cc(F)ccc1F. The highest BCUT2D eigenvalue weighted by Gasteiger charge is 2.37. The summed E-state index contributed by atoms with van der Waals surface area (Å²) in [6.45, 7) is 1.19. The molecule has 1 saturated heterocycles. The highest BCUT2D eigenvalue weighted by molar-refractivity contribution is 7.89. The number of hydrogen-bond acceptors (Lipinski definition) is 4. The molecule has 8 heteroatoms. The summed E-state index contributed by atoms with van der Waals surface area (Å²) in [4.78, 5) is 0.393. The molecule has 0 amide bonds. The lowest BCUT2D eigenvalue weighted by Crippen LogP contribution is -2.44. The van der Waals surface area contributed by atoms with Crippen LogP contribution in [0, 0.1) is 11.6 Å². The zero-order valence-electron chi connectivity index (χ0n) is 12.8. The molecule has 0 unspecified atom stereocenters. The third-order valence-corrected chi connectivity index (χ3v) is 6.81. The van der Waals surface area contributed by atoms with E-state index in [0.29, 0.717) is 32.1 Å². The fraction of sp³-hybridized carbons (Fsp3) is 0.375. The molecule has 2 heterocycles. The molecule has 1 N–H and O–H groups in total. The Morgan fingerprint density at radius 3 is 2.62 bits per heavy atom. The topological polar surface area (TPSA) is 55.4 Å². The maximum Gasteiger partial charge on any atom is 0.243 e. The summed E-state index contributed by atoms with van der Waals surface area (Å²) >= 11 is 1.56. The monoisotopic (exact) mass is 373 g/mol. The number of ether oxygens (including phenoxy) is 1. The zero-order valence-corrected chi connectivity index (χ0v) is 14.4. The van der Waals surface area contributed by atoms with Crippen molar-refractivity contribution in [2.45, 2.75) is 23.2 Å². The van der Waals surface area contributed by atoms with Gasteiger partial charge in [-0.3, -0.25) is 0 Å². The van der Waals surface area contributed by atoms with E-state index in [4.69, 9.17) is 4.74 Å². The lowest BCUT2D eigenvalue weighted by molar-refractivity contribution is 0.0529. The quantitative estimate of drug-likeness (QED) is 0.876. The Hall–Kier alpha value is -1.35. The molecule has 0 saturated carbocycles. The third kappa shape index (κ3) is 3.51. The standard InChI is InChI=1S/C16H17F2NO3S2/c17-12-3-4-13(18)14(10-12)24(20,21)19-11-16(5-7-22-8-6-16)15-2-1-9-23-15/h1-4,9-10,19H,5-8,11H2. The molecule has 24 heavy (non-hydrogen) atoms. The summed E-state index contributed by atoms with van der Waals surface area (Å²) in [6.07, 6.45) is 1.34. The Morgan fingerprint density at radius 1 is 1.21 bits per heavy atom. The number of rotatable bonds is 5. The van der Waals surface area contributed by atoms with Crippen molar-refractivity contribution in [3.05, 3.63) is 52.2 Å². The van der Waals surface area contributed by atoms with Gasteiger partial charge in [-0.25, -0.2) is 21.9 Å². The van der Waals surface area contributed by atoms with Gasteiger partial charge in [-0.05, 0) is 42.5 Å². The van der Waals surface area contributed by atoms with E-state index in [0.717, 1.165) is 17.0 Å². The Labute approximate surface area is 143 Å². The van der Waals surface area contributed by atoms with Crippen molar-refractivity contribution in [2.24, 2.45) is 0 Å². The normalized spacial score (nSPS) is 17.8. The minimum Gasteiger partial charge on any atom is -0.381 e. The van der Waals surface area contributed by atoms with Gasteiger partial charge in [0.05, 0.1) is 0 Å². The molecular weight excluding hydrogens is 356 g/mol. The van der Waals surface area contributed by atoms with Crippen LogP contribution in [-0.4, -0.2) is 28.2 Å². The van der Waals surface area contributed by atoms with Gasteiger partial charge < -0.3 is 4.74 Å². The van der Waals surface area contributed by atoms with E-state index in [1.165, 1.54) is 0 Å². The summed E-state index contributed by atoms with van der Waals surface area (Å²) in [5, 5.41) is 1.94. The summed E-state index contributed by atoms with van der Waals surface area (Å²) < 4.78 is 59.8. The van der Waals surface area contributed by atoms with Crippen molar-refractivity contribution in [1.29, 1.82) is 0 Å². The van der Waals surface area contributed by atoms with Crippen LogP contribution in [0.15, 0.2) is 40.6 Å². The first-order chi connectivity index (χ1) is 11.4. The summed E-state index contributed by atoms with van der Waals surface area (Å²) in [6, 6.07) is 6.28.